The SMILES string of the molecule is C[C@@H](NC(=O)C[NH+]1CCCCC1)C12CC3CC(CC(C3)C1)C2. The van der Waals surface area contributed by atoms with Gasteiger partial charge in [0.1, 0.15) is 0 Å². The van der Waals surface area contributed by atoms with Gasteiger partial charge in [-0.3, -0.25) is 4.79 Å². The van der Waals surface area contributed by atoms with Gasteiger partial charge in [-0.15, -0.1) is 0 Å². The number of rotatable bonds is 4. The maximum absolute atomic E-state index is 12.5. The molecule has 4 bridgehead atoms. The average Bonchev–Trinajstić information content (AvgIpc) is 2.46. The van der Waals surface area contributed by atoms with Crippen molar-refractivity contribution in [3.8, 4) is 0 Å². The summed E-state index contributed by atoms with van der Waals surface area (Å²) < 4.78 is 0. The van der Waals surface area contributed by atoms with Gasteiger partial charge in [0.2, 0.25) is 0 Å². The van der Waals surface area contributed by atoms with E-state index in [1.165, 1.54) is 75.8 Å². The molecule has 1 aliphatic heterocycles. The zero-order valence-electron chi connectivity index (χ0n) is 14.2. The van der Waals surface area contributed by atoms with Gasteiger partial charge >= 0.3 is 0 Å². The Kier molecular flexibility index (Phi) is 3.96. The van der Waals surface area contributed by atoms with E-state index in [1.807, 2.05) is 0 Å². The molecule has 0 aromatic carbocycles. The lowest BCUT2D eigenvalue weighted by Crippen LogP contribution is -3.14. The molecule has 1 amide bonds. The van der Waals surface area contributed by atoms with E-state index in [-0.39, 0.29) is 0 Å². The van der Waals surface area contributed by atoms with E-state index < -0.39 is 0 Å². The smallest absolute Gasteiger partial charge is 0.275 e. The minimum Gasteiger partial charge on any atom is -0.348 e. The van der Waals surface area contributed by atoms with Crippen molar-refractivity contribution in [3.05, 3.63) is 0 Å². The number of piperidine rings is 1. The van der Waals surface area contributed by atoms with Crippen molar-refractivity contribution in [1.82, 2.24) is 5.32 Å². The maximum Gasteiger partial charge on any atom is 0.275 e. The molecular formula is C19H33N2O+. The van der Waals surface area contributed by atoms with Crippen LogP contribution in [0.4, 0.5) is 0 Å². The third kappa shape index (κ3) is 2.81. The first kappa shape index (κ1) is 15.0. The van der Waals surface area contributed by atoms with E-state index in [0.717, 1.165) is 17.8 Å². The molecule has 0 aromatic rings. The summed E-state index contributed by atoms with van der Waals surface area (Å²) in [5, 5.41) is 3.42. The lowest BCUT2D eigenvalue weighted by atomic mass is 9.48. The van der Waals surface area contributed by atoms with Crippen molar-refractivity contribution in [1.29, 1.82) is 0 Å². The highest BCUT2D eigenvalue weighted by molar-refractivity contribution is 5.77. The Balaban J connectivity index is 1.35. The first-order chi connectivity index (χ1) is 10.6. The van der Waals surface area contributed by atoms with Crippen LogP contribution in [-0.2, 0) is 4.79 Å². The minimum atomic E-state index is 0.306. The van der Waals surface area contributed by atoms with Gasteiger partial charge in [-0.1, -0.05) is 0 Å². The molecule has 0 unspecified atom stereocenters. The molecule has 2 N–H and O–H groups in total. The second-order valence-electron chi connectivity index (χ2n) is 9.06. The third-order valence-electron chi connectivity index (χ3n) is 7.35. The fraction of sp³-hybridized carbons (Fsp3) is 0.947. The van der Waals surface area contributed by atoms with E-state index in [2.05, 4.69) is 12.2 Å². The summed E-state index contributed by atoms with van der Waals surface area (Å²) >= 11 is 0. The number of hydrogen-bond acceptors (Lipinski definition) is 1. The quantitative estimate of drug-likeness (QED) is 0.815. The van der Waals surface area contributed by atoms with Gasteiger partial charge < -0.3 is 10.2 Å². The zero-order valence-corrected chi connectivity index (χ0v) is 14.2. The summed E-state index contributed by atoms with van der Waals surface area (Å²) in [6.45, 7) is 5.39. The van der Waals surface area contributed by atoms with Crippen LogP contribution in [0.2, 0.25) is 0 Å². The monoisotopic (exact) mass is 305 g/mol. The van der Waals surface area contributed by atoms with E-state index in [4.69, 9.17) is 0 Å². The van der Waals surface area contributed by atoms with Gasteiger partial charge in [0, 0.05) is 6.04 Å². The summed E-state index contributed by atoms with van der Waals surface area (Å²) in [5.74, 6) is 3.22. The lowest BCUT2D eigenvalue weighted by molar-refractivity contribution is -0.896. The molecular weight excluding hydrogens is 272 g/mol. The van der Waals surface area contributed by atoms with E-state index in [9.17, 15) is 4.79 Å². The lowest BCUT2D eigenvalue weighted by Gasteiger charge is -2.59. The molecule has 4 aliphatic carbocycles. The second kappa shape index (κ2) is 5.81. The standard InChI is InChI=1S/C19H32N2O/c1-14(20-18(22)13-21-5-3-2-4-6-21)19-10-15-7-16(11-19)9-17(8-15)12-19/h14-17H,2-13H2,1H3,(H,20,22)/p+1/t14-,15?,16?,17?,19?/m1/s1. The van der Waals surface area contributed by atoms with Crippen molar-refractivity contribution < 1.29 is 9.69 Å². The Morgan fingerprint density at radius 3 is 2.14 bits per heavy atom. The van der Waals surface area contributed by atoms with Gasteiger partial charge in [-0.2, -0.15) is 0 Å². The molecule has 1 heterocycles. The van der Waals surface area contributed by atoms with Crippen LogP contribution in [0.1, 0.15) is 64.7 Å². The number of hydrogen-bond donors (Lipinski definition) is 2. The van der Waals surface area contributed by atoms with Gasteiger partial charge in [-0.25, -0.2) is 0 Å². The van der Waals surface area contributed by atoms with Crippen molar-refractivity contribution in [2.75, 3.05) is 19.6 Å². The molecule has 5 rings (SSSR count). The number of amides is 1. The maximum atomic E-state index is 12.5. The van der Waals surface area contributed by atoms with Crippen LogP contribution in [0, 0.1) is 23.2 Å². The molecule has 3 heteroatoms. The molecule has 1 saturated heterocycles. The summed E-state index contributed by atoms with van der Waals surface area (Å²) in [4.78, 5) is 14.0. The van der Waals surface area contributed by atoms with Crippen molar-refractivity contribution >= 4 is 5.91 Å². The van der Waals surface area contributed by atoms with Gasteiger partial charge in [-0.05, 0) is 87.9 Å². The molecule has 0 spiro atoms. The summed E-state index contributed by atoms with van der Waals surface area (Å²) in [6, 6.07) is 0.387. The van der Waals surface area contributed by atoms with Crippen LogP contribution in [0.3, 0.4) is 0 Å². The number of carbonyl (C=O) groups excluding carboxylic acids is 1. The molecule has 124 valence electrons. The Morgan fingerprint density at radius 2 is 1.59 bits per heavy atom. The van der Waals surface area contributed by atoms with E-state index >= 15 is 0 Å². The predicted octanol–water partition coefficient (Wildman–Crippen LogP) is 1.78. The summed E-state index contributed by atoms with van der Waals surface area (Å²) in [5.41, 5.74) is 0.446. The molecule has 4 saturated carbocycles. The third-order valence-corrected chi connectivity index (χ3v) is 7.35. The van der Waals surface area contributed by atoms with Gasteiger partial charge in [0.15, 0.2) is 6.54 Å². The Morgan fingerprint density at radius 1 is 1.05 bits per heavy atom. The van der Waals surface area contributed by atoms with Crippen LogP contribution in [0.5, 0.6) is 0 Å². The first-order valence-corrected chi connectivity index (χ1v) is 9.76. The highest BCUT2D eigenvalue weighted by Gasteiger charge is 2.53. The van der Waals surface area contributed by atoms with Crippen LogP contribution in [-0.4, -0.2) is 31.6 Å². The normalized spacial score (nSPS) is 42.3. The van der Waals surface area contributed by atoms with Crippen molar-refractivity contribution in [3.63, 3.8) is 0 Å². The molecule has 5 aliphatic rings. The van der Waals surface area contributed by atoms with Crippen molar-refractivity contribution in [2.24, 2.45) is 23.2 Å². The molecule has 22 heavy (non-hydrogen) atoms. The predicted molar refractivity (Wildman–Crippen MR) is 87.6 cm³/mol. The van der Waals surface area contributed by atoms with Crippen LogP contribution in [0.15, 0.2) is 0 Å². The molecule has 3 nitrogen and oxygen atoms in total. The second-order valence-corrected chi connectivity index (χ2v) is 9.06. The minimum absolute atomic E-state index is 0.306. The Labute approximate surface area is 135 Å². The average molecular weight is 305 g/mol. The van der Waals surface area contributed by atoms with Gasteiger partial charge in [0.25, 0.3) is 5.91 Å². The van der Waals surface area contributed by atoms with E-state index in [1.54, 1.807) is 0 Å². The fourth-order valence-corrected chi connectivity index (χ4v) is 6.61. The number of likely N-dealkylation sites (tertiary alicyclic amines) is 1. The summed E-state index contributed by atoms with van der Waals surface area (Å²) in [7, 11) is 0. The van der Waals surface area contributed by atoms with E-state index in [0.29, 0.717) is 23.9 Å². The number of carbonyl (C=O) groups is 1. The fourth-order valence-electron chi connectivity index (χ4n) is 6.61. The largest absolute Gasteiger partial charge is 0.348 e. The molecule has 0 aromatic heterocycles. The Hall–Kier alpha value is -0.570. The van der Waals surface area contributed by atoms with Crippen LogP contribution in [0.25, 0.3) is 0 Å². The Bertz CT molecular complexity index is 392. The topological polar surface area (TPSA) is 33.5 Å². The zero-order chi connectivity index (χ0) is 15.2. The molecule has 1 atom stereocenters. The van der Waals surface area contributed by atoms with Crippen molar-refractivity contribution in [2.45, 2.75) is 70.8 Å². The number of nitrogens with one attached hydrogen (secondary N) is 2. The van der Waals surface area contributed by atoms with Crippen LogP contribution < -0.4 is 10.2 Å². The molecule has 5 fully saturated rings. The first-order valence-electron chi connectivity index (χ1n) is 9.76. The highest BCUT2D eigenvalue weighted by atomic mass is 16.2. The highest BCUT2D eigenvalue weighted by Crippen LogP contribution is 2.61. The van der Waals surface area contributed by atoms with Crippen LogP contribution >= 0.6 is 0 Å². The molecule has 0 radical (unpaired) electrons. The number of quaternary nitrogens is 1. The van der Waals surface area contributed by atoms with Gasteiger partial charge in [0.05, 0.1) is 13.1 Å². The summed E-state index contributed by atoms with van der Waals surface area (Å²) in [6.07, 6.45) is 12.6.